The van der Waals surface area contributed by atoms with Gasteiger partial charge in [-0.15, -0.1) is 0 Å². The average Bonchev–Trinajstić information content (AvgIpc) is 3.89. The van der Waals surface area contributed by atoms with Crippen LogP contribution in [0, 0.1) is 6.92 Å². The standard InChI is InChI=1S/C63H51BN4O/c1-38-34-55-59-56(35-38)68-52-19-12-16-48-45-14-8-10-18-51(45)67(60(48)52)53-20-13-17-50(61(53)68)64(59)49-33-31-43(36-54(49)66(55)44-30-32-47-46-15-9-11-21-57(46)69-58(47)37-44)65(41-26-22-39(23-27-41)62(2,3)4)42-28-24-40(25-29-42)63(5,6)7/h8-37H,1-7H3. The number of furan rings is 1. The van der Waals surface area contributed by atoms with Crippen molar-refractivity contribution in [1.82, 2.24) is 4.57 Å². The molecular weight excluding hydrogens is 840 g/mol. The third-order valence-corrected chi connectivity index (χ3v) is 15.2. The van der Waals surface area contributed by atoms with E-state index in [1.807, 2.05) is 0 Å². The SMILES string of the molecule is Cc1cc2c3c(c1)N1c4c(cccc4-n4c5ccccc5c5cccc1c54)B3c1ccc(N(c3ccc(C(C)(C)C)cc3)c3ccc(C(C)(C)C)cc3)cc1N2c1ccc2c(c1)oc1ccccc12. The van der Waals surface area contributed by atoms with Crippen LogP contribution in [-0.4, -0.2) is 11.3 Å². The van der Waals surface area contributed by atoms with Crippen LogP contribution in [0.15, 0.2) is 186 Å². The van der Waals surface area contributed by atoms with Crippen molar-refractivity contribution in [2.24, 2.45) is 0 Å². The molecule has 14 rings (SSSR count). The highest BCUT2D eigenvalue weighted by atomic mass is 16.3. The zero-order valence-corrected chi connectivity index (χ0v) is 40.1. The van der Waals surface area contributed by atoms with Gasteiger partial charge in [0.25, 0.3) is 6.71 Å². The Kier molecular flexibility index (Phi) is 8.18. The van der Waals surface area contributed by atoms with Crippen LogP contribution in [0.3, 0.4) is 0 Å². The van der Waals surface area contributed by atoms with Crippen molar-refractivity contribution >= 4 is 118 Å². The first-order valence-electron chi connectivity index (χ1n) is 24.4. The Morgan fingerprint density at radius 3 is 1.78 bits per heavy atom. The maximum absolute atomic E-state index is 6.65. The molecule has 0 saturated heterocycles. The zero-order chi connectivity index (χ0) is 46.7. The number of aryl methyl sites for hydroxylation is 1. The van der Waals surface area contributed by atoms with Crippen LogP contribution < -0.4 is 31.1 Å². The first-order valence-corrected chi connectivity index (χ1v) is 24.4. The van der Waals surface area contributed by atoms with Gasteiger partial charge in [-0.3, -0.25) is 0 Å². The number of para-hydroxylation sites is 4. The Morgan fingerprint density at radius 2 is 1.06 bits per heavy atom. The molecule has 0 bridgehead atoms. The summed E-state index contributed by atoms with van der Waals surface area (Å²) in [5.74, 6) is 0. The van der Waals surface area contributed by atoms with Crippen LogP contribution in [0.1, 0.15) is 58.2 Å². The highest BCUT2D eigenvalue weighted by Crippen LogP contribution is 2.53. The van der Waals surface area contributed by atoms with Crippen LogP contribution in [0.4, 0.5) is 51.2 Å². The molecule has 0 atom stereocenters. The molecule has 2 aromatic heterocycles. The fraction of sp³-hybridized carbons (Fsp3) is 0.143. The smallest absolute Gasteiger partial charge is 0.252 e. The third-order valence-electron chi connectivity index (χ3n) is 15.2. The highest BCUT2D eigenvalue weighted by molar-refractivity contribution is 7.00. The van der Waals surface area contributed by atoms with Gasteiger partial charge in [0.1, 0.15) is 11.2 Å². The number of benzene rings is 9. The maximum atomic E-state index is 6.65. The van der Waals surface area contributed by atoms with Crippen LogP contribution >= 0.6 is 0 Å². The summed E-state index contributed by atoms with van der Waals surface area (Å²) in [4.78, 5) is 7.54. The number of anilines is 9. The summed E-state index contributed by atoms with van der Waals surface area (Å²) < 4.78 is 9.17. The monoisotopic (exact) mass is 890 g/mol. The second-order valence-corrected chi connectivity index (χ2v) is 21.5. The largest absolute Gasteiger partial charge is 0.456 e. The Balaban J connectivity index is 1.05. The van der Waals surface area contributed by atoms with Gasteiger partial charge < -0.3 is 23.7 Å². The minimum absolute atomic E-state index is 0.0318. The molecule has 0 saturated carbocycles. The molecule has 0 spiro atoms. The molecule has 6 heteroatoms. The molecule has 0 N–H and O–H groups in total. The third kappa shape index (κ3) is 5.72. The van der Waals surface area contributed by atoms with Gasteiger partial charge in [-0.05, 0) is 136 Å². The molecule has 0 fully saturated rings. The molecule has 0 amide bonds. The summed E-state index contributed by atoms with van der Waals surface area (Å²) in [6.07, 6.45) is 0. The number of aromatic nitrogens is 1. The van der Waals surface area contributed by atoms with Gasteiger partial charge in [-0.1, -0.05) is 133 Å². The molecule has 11 aromatic rings. The highest BCUT2D eigenvalue weighted by Gasteiger charge is 2.46. The molecule has 0 unspecified atom stereocenters. The summed E-state index contributed by atoms with van der Waals surface area (Å²) in [5.41, 5.74) is 23.6. The van der Waals surface area contributed by atoms with Gasteiger partial charge in [0.05, 0.1) is 28.1 Å². The lowest BCUT2D eigenvalue weighted by molar-refractivity contribution is 0.590. The predicted octanol–water partition coefficient (Wildman–Crippen LogP) is 15.5. The summed E-state index contributed by atoms with van der Waals surface area (Å²) >= 11 is 0. The minimum Gasteiger partial charge on any atom is -0.456 e. The van der Waals surface area contributed by atoms with Crippen molar-refractivity contribution in [3.05, 3.63) is 199 Å². The van der Waals surface area contributed by atoms with Crippen LogP contribution in [0.5, 0.6) is 0 Å². The summed E-state index contributed by atoms with van der Waals surface area (Å²) in [6.45, 7) is 15.9. The van der Waals surface area contributed by atoms with E-state index < -0.39 is 0 Å². The van der Waals surface area contributed by atoms with Crippen molar-refractivity contribution in [3.8, 4) is 5.69 Å². The number of rotatable bonds is 4. The van der Waals surface area contributed by atoms with Crippen molar-refractivity contribution in [1.29, 1.82) is 0 Å². The lowest BCUT2D eigenvalue weighted by atomic mass is 9.33. The van der Waals surface area contributed by atoms with Crippen LogP contribution in [0.25, 0.3) is 49.4 Å². The molecule has 5 nitrogen and oxygen atoms in total. The van der Waals surface area contributed by atoms with E-state index in [1.54, 1.807) is 0 Å². The van der Waals surface area contributed by atoms with E-state index in [2.05, 4.69) is 250 Å². The number of hydrogen-bond acceptors (Lipinski definition) is 4. The predicted molar refractivity (Wildman–Crippen MR) is 292 cm³/mol. The first-order chi connectivity index (χ1) is 33.4. The Labute approximate surface area is 403 Å². The van der Waals surface area contributed by atoms with E-state index in [-0.39, 0.29) is 17.5 Å². The Morgan fingerprint density at radius 1 is 0.449 bits per heavy atom. The molecule has 69 heavy (non-hydrogen) atoms. The summed E-state index contributed by atoms with van der Waals surface area (Å²) in [5, 5.41) is 4.79. The lowest BCUT2D eigenvalue weighted by Crippen LogP contribution is -2.61. The van der Waals surface area contributed by atoms with Crippen molar-refractivity contribution < 1.29 is 4.42 Å². The Hall–Kier alpha value is -7.96. The lowest BCUT2D eigenvalue weighted by Gasteiger charge is -2.46. The quantitative estimate of drug-likeness (QED) is 0.165. The normalized spacial score (nSPS) is 13.6. The second kappa shape index (κ2) is 14.1. The van der Waals surface area contributed by atoms with E-state index in [1.165, 1.54) is 83.3 Å². The van der Waals surface area contributed by atoms with E-state index >= 15 is 0 Å². The molecule has 3 aliphatic heterocycles. The Bertz CT molecular complexity index is 3900. The molecule has 5 heterocycles. The molecular formula is C63H51BN4O. The molecule has 332 valence electrons. The van der Waals surface area contributed by atoms with Gasteiger partial charge in [-0.2, -0.15) is 0 Å². The summed E-state index contributed by atoms with van der Waals surface area (Å²) in [7, 11) is 0. The second-order valence-electron chi connectivity index (χ2n) is 21.5. The van der Waals surface area contributed by atoms with Crippen molar-refractivity contribution in [2.45, 2.75) is 59.3 Å². The van der Waals surface area contributed by atoms with Gasteiger partial charge in [-0.25, -0.2) is 0 Å². The zero-order valence-electron chi connectivity index (χ0n) is 40.1. The van der Waals surface area contributed by atoms with Gasteiger partial charge in [0.15, 0.2) is 0 Å². The fourth-order valence-electron chi connectivity index (χ4n) is 12.0. The van der Waals surface area contributed by atoms with Crippen LogP contribution in [0.2, 0.25) is 0 Å². The molecule has 0 radical (unpaired) electrons. The van der Waals surface area contributed by atoms with Gasteiger partial charge in [0.2, 0.25) is 0 Å². The van der Waals surface area contributed by atoms with Crippen molar-refractivity contribution in [3.63, 3.8) is 0 Å². The van der Waals surface area contributed by atoms with E-state index in [4.69, 9.17) is 4.42 Å². The number of hydrogen-bond donors (Lipinski definition) is 0. The van der Waals surface area contributed by atoms with E-state index in [9.17, 15) is 0 Å². The minimum atomic E-state index is -0.0369. The average molecular weight is 891 g/mol. The van der Waals surface area contributed by atoms with Crippen LogP contribution in [-0.2, 0) is 10.8 Å². The summed E-state index contributed by atoms with van der Waals surface area (Å²) in [6, 6.07) is 68.3. The molecule has 0 aliphatic carbocycles. The van der Waals surface area contributed by atoms with Gasteiger partial charge >= 0.3 is 0 Å². The van der Waals surface area contributed by atoms with E-state index in [0.717, 1.165) is 50.4 Å². The molecule has 3 aliphatic rings. The fourth-order valence-corrected chi connectivity index (χ4v) is 12.0. The number of fused-ring (bicyclic) bond motifs is 12. The maximum Gasteiger partial charge on any atom is 0.252 e. The van der Waals surface area contributed by atoms with Crippen molar-refractivity contribution in [2.75, 3.05) is 14.7 Å². The van der Waals surface area contributed by atoms with Gasteiger partial charge in [0, 0.05) is 67.4 Å². The first kappa shape index (κ1) is 40.1. The molecule has 9 aromatic carbocycles. The number of nitrogens with zero attached hydrogens (tertiary/aromatic N) is 4. The van der Waals surface area contributed by atoms with E-state index in [0.29, 0.717) is 0 Å². The topological polar surface area (TPSA) is 27.8 Å².